The van der Waals surface area contributed by atoms with Crippen LogP contribution in [0.2, 0.25) is 0 Å². The van der Waals surface area contributed by atoms with Crippen molar-refractivity contribution in [2.24, 2.45) is 0 Å². The van der Waals surface area contributed by atoms with Crippen molar-refractivity contribution in [3.05, 3.63) is 29.6 Å². The lowest BCUT2D eigenvalue weighted by Gasteiger charge is -2.29. The van der Waals surface area contributed by atoms with Crippen molar-refractivity contribution < 1.29 is 12.8 Å². The zero-order chi connectivity index (χ0) is 11.1. The molecular formula is C10H12FNO2S. The summed E-state index contributed by atoms with van der Waals surface area (Å²) >= 11 is 0. The Bertz CT molecular complexity index is 480. The minimum atomic E-state index is -3.60. The van der Waals surface area contributed by atoms with Crippen molar-refractivity contribution in [3.8, 4) is 0 Å². The van der Waals surface area contributed by atoms with Crippen LogP contribution >= 0.6 is 0 Å². The van der Waals surface area contributed by atoms with Gasteiger partial charge in [-0.1, -0.05) is 12.1 Å². The molecule has 1 aromatic rings. The van der Waals surface area contributed by atoms with Crippen molar-refractivity contribution >= 4 is 10.0 Å². The Hall–Kier alpha value is -0.940. The zero-order valence-corrected chi connectivity index (χ0v) is 9.22. The number of rotatable bonds is 2. The normalized spacial score (nSPS) is 17.5. The van der Waals surface area contributed by atoms with Crippen LogP contribution in [0.1, 0.15) is 12.0 Å². The van der Waals surface area contributed by atoms with Crippen LogP contribution in [0.5, 0.6) is 0 Å². The summed E-state index contributed by atoms with van der Waals surface area (Å²) < 4.78 is 38.7. The van der Waals surface area contributed by atoms with Gasteiger partial charge in [-0.2, -0.15) is 4.31 Å². The third-order valence-corrected chi connectivity index (χ3v) is 4.51. The second kappa shape index (κ2) is 3.57. The van der Waals surface area contributed by atoms with E-state index in [9.17, 15) is 12.8 Å². The van der Waals surface area contributed by atoms with Crippen LogP contribution in [-0.4, -0.2) is 25.8 Å². The molecule has 0 unspecified atom stereocenters. The fraction of sp³-hybridized carbons (Fsp3) is 0.400. The SMILES string of the molecule is Cc1cccc(S(=O)(=O)N2CCC2)c1F. The highest BCUT2D eigenvalue weighted by Gasteiger charge is 2.31. The van der Waals surface area contributed by atoms with Crippen molar-refractivity contribution in [3.63, 3.8) is 0 Å². The van der Waals surface area contributed by atoms with E-state index in [1.165, 1.54) is 10.4 Å². The van der Waals surface area contributed by atoms with E-state index in [1.54, 1.807) is 19.1 Å². The summed E-state index contributed by atoms with van der Waals surface area (Å²) in [5.74, 6) is -0.635. The average molecular weight is 229 g/mol. The fourth-order valence-electron chi connectivity index (χ4n) is 1.49. The number of nitrogens with zero attached hydrogens (tertiary/aromatic N) is 1. The molecule has 0 aliphatic carbocycles. The molecular weight excluding hydrogens is 217 g/mol. The van der Waals surface area contributed by atoms with Gasteiger partial charge in [0.05, 0.1) is 0 Å². The molecule has 1 aromatic carbocycles. The molecule has 1 saturated heterocycles. The first-order valence-corrected chi connectivity index (χ1v) is 6.23. The Morgan fingerprint density at radius 2 is 2.00 bits per heavy atom. The summed E-state index contributed by atoms with van der Waals surface area (Å²) in [6.45, 7) is 2.55. The Kier molecular flexibility index (Phi) is 2.52. The molecule has 3 nitrogen and oxygen atoms in total. The summed E-state index contributed by atoms with van der Waals surface area (Å²) in [4.78, 5) is -0.206. The minimum Gasteiger partial charge on any atom is -0.207 e. The molecule has 0 bridgehead atoms. The van der Waals surface area contributed by atoms with Crippen LogP contribution in [0.15, 0.2) is 23.1 Å². The van der Waals surface area contributed by atoms with Gasteiger partial charge in [0.15, 0.2) is 0 Å². The number of aryl methyl sites for hydroxylation is 1. The molecule has 15 heavy (non-hydrogen) atoms. The van der Waals surface area contributed by atoms with Crippen LogP contribution in [0.4, 0.5) is 4.39 Å². The lowest BCUT2D eigenvalue weighted by atomic mass is 10.2. The second-order valence-corrected chi connectivity index (χ2v) is 5.55. The van der Waals surface area contributed by atoms with Gasteiger partial charge in [0, 0.05) is 13.1 Å². The van der Waals surface area contributed by atoms with Gasteiger partial charge >= 0.3 is 0 Å². The van der Waals surface area contributed by atoms with E-state index in [2.05, 4.69) is 0 Å². The van der Waals surface area contributed by atoms with Crippen molar-refractivity contribution in [1.82, 2.24) is 4.31 Å². The smallest absolute Gasteiger partial charge is 0.207 e. The molecule has 0 aromatic heterocycles. The first-order chi connectivity index (χ1) is 7.03. The van der Waals surface area contributed by atoms with E-state index in [4.69, 9.17) is 0 Å². The van der Waals surface area contributed by atoms with Crippen molar-refractivity contribution in [1.29, 1.82) is 0 Å². The van der Waals surface area contributed by atoms with Gasteiger partial charge in [0.25, 0.3) is 0 Å². The fourth-order valence-corrected chi connectivity index (χ4v) is 3.14. The molecule has 2 rings (SSSR count). The number of hydrogen-bond acceptors (Lipinski definition) is 2. The summed E-state index contributed by atoms with van der Waals surface area (Å²) in [6.07, 6.45) is 0.854. The third kappa shape index (κ3) is 1.66. The predicted octanol–water partition coefficient (Wildman–Crippen LogP) is 1.53. The monoisotopic (exact) mass is 229 g/mol. The van der Waals surface area contributed by atoms with E-state index in [0.29, 0.717) is 18.7 Å². The summed E-state index contributed by atoms with van der Waals surface area (Å²) in [5.41, 5.74) is 0.358. The molecule has 1 aliphatic rings. The highest BCUT2D eigenvalue weighted by molar-refractivity contribution is 7.89. The number of benzene rings is 1. The van der Waals surface area contributed by atoms with Crippen molar-refractivity contribution in [2.75, 3.05) is 13.1 Å². The van der Waals surface area contributed by atoms with Gasteiger partial charge in [0.2, 0.25) is 10.0 Å². The highest BCUT2D eigenvalue weighted by atomic mass is 32.2. The minimum absolute atomic E-state index is 0.206. The van der Waals surface area contributed by atoms with Crippen LogP contribution in [0, 0.1) is 12.7 Å². The molecule has 1 heterocycles. The van der Waals surface area contributed by atoms with Crippen LogP contribution in [0.25, 0.3) is 0 Å². The molecule has 5 heteroatoms. The summed E-state index contributed by atoms with van der Waals surface area (Å²) in [7, 11) is -3.60. The average Bonchev–Trinajstić information content (AvgIpc) is 2.05. The predicted molar refractivity (Wildman–Crippen MR) is 54.5 cm³/mol. The number of hydrogen-bond donors (Lipinski definition) is 0. The van der Waals surface area contributed by atoms with E-state index < -0.39 is 15.8 Å². The number of sulfonamides is 1. The maximum Gasteiger partial charge on any atom is 0.245 e. The first-order valence-electron chi connectivity index (χ1n) is 4.79. The lowest BCUT2D eigenvalue weighted by molar-refractivity contribution is 0.308. The topological polar surface area (TPSA) is 37.4 Å². The van der Waals surface area contributed by atoms with Gasteiger partial charge in [-0.3, -0.25) is 0 Å². The quantitative estimate of drug-likeness (QED) is 0.771. The summed E-state index contributed by atoms with van der Waals surface area (Å²) in [5, 5.41) is 0. The Morgan fingerprint density at radius 3 is 2.53 bits per heavy atom. The maximum absolute atomic E-state index is 13.6. The van der Waals surface area contributed by atoms with E-state index in [-0.39, 0.29) is 4.90 Å². The van der Waals surface area contributed by atoms with Crippen LogP contribution < -0.4 is 0 Å². The Labute approximate surface area is 88.6 Å². The summed E-state index contributed by atoms with van der Waals surface area (Å²) in [6, 6.07) is 4.44. The molecule has 1 fully saturated rings. The van der Waals surface area contributed by atoms with Crippen LogP contribution in [-0.2, 0) is 10.0 Å². The standard InChI is InChI=1S/C10H12FNO2S/c1-8-4-2-5-9(10(8)11)15(13,14)12-6-3-7-12/h2,4-5H,3,6-7H2,1H3. The lowest BCUT2D eigenvalue weighted by Crippen LogP contribution is -2.42. The molecule has 0 spiro atoms. The molecule has 0 atom stereocenters. The van der Waals surface area contributed by atoms with E-state index in [0.717, 1.165) is 6.42 Å². The second-order valence-electron chi connectivity index (χ2n) is 3.64. The van der Waals surface area contributed by atoms with E-state index in [1.807, 2.05) is 0 Å². The van der Waals surface area contributed by atoms with Crippen LogP contribution in [0.3, 0.4) is 0 Å². The van der Waals surface area contributed by atoms with Gasteiger partial charge in [-0.05, 0) is 25.0 Å². The van der Waals surface area contributed by atoms with Gasteiger partial charge in [-0.25, -0.2) is 12.8 Å². The number of halogens is 1. The van der Waals surface area contributed by atoms with E-state index >= 15 is 0 Å². The first kappa shape index (κ1) is 10.6. The molecule has 1 aliphatic heterocycles. The molecule has 0 saturated carbocycles. The zero-order valence-electron chi connectivity index (χ0n) is 8.40. The largest absolute Gasteiger partial charge is 0.245 e. The molecule has 0 N–H and O–H groups in total. The maximum atomic E-state index is 13.6. The third-order valence-electron chi connectivity index (χ3n) is 2.59. The van der Waals surface area contributed by atoms with Gasteiger partial charge in [0.1, 0.15) is 10.7 Å². The molecule has 0 radical (unpaired) electrons. The van der Waals surface area contributed by atoms with Crippen molar-refractivity contribution in [2.45, 2.75) is 18.2 Å². The molecule has 0 amide bonds. The molecule has 82 valence electrons. The van der Waals surface area contributed by atoms with Gasteiger partial charge in [-0.15, -0.1) is 0 Å². The highest BCUT2D eigenvalue weighted by Crippen LogP contribution is 2.24. The Morgan fingerprint density at radius 1 is 1.33 bits per heavy atom. The Balaban J connectivity index is 2.49. The van der Waals surface area contributed by atoms with Gasteiger partial charge < -0.3 is 0 Å².